The van der Waals surface area contributed by atoms with Crippen LogP contribution in [0.15, 0.2) is 48.5 Å². The summed E-state index contributed by atoms with van der Waals surface area (Å²) in [4.78, 5) is 24.9. The van der Waals surface area contributed by atoms with Gasteiger partial charge in [-0.05, 0) is 42.2 Å². The number of para-hydroxylation sites is 1. The summed E-state index contributed by atoms with van der Waals surface area (Å²) in [6.07, 6.45) is 1.34. The Morgan fingerprint density at radius 1 is 1.23 bits per heavy atom. The van der Waals surface area contributed by atoms with E-state index in [1.807, 2.05) is 31.2 Å². The molecule has 0 bridgehead atoms. The van der Waals surface area contributed by atoms with Crippen molar-refractivity contribution in [3.8, 4) is 0 Å². The maximum Gasteiger partial charge on any atom is 0.247 e. The highest BCUT2D eigenvalue weighted by Gasteiger charge is 2.32. The molecular weight excluding hydrogens is 351 g/mol. The van der Waals surface area contributed by atoms with Gasteiger partial charge in [-0.15, -0.1) is 11.8 Å². The van der Waals surface area contributed by atoms with Crippen molar-refractivity contribution >= 4 is 29.3 Å². The van der Waals surface area contributed by atoms with Gasteiger partial charge in [-0.25, -0.2) is 4.39 Å². The van der Waals surface area contributed by atoms with Crippen molar-refractivity contribution in [2.24, 2.45) is 0 Å². The Hall–Kier alpha value is -2.34. The molecule has 1 saturated heterocycles. The number of hydrogen-bond acceptors (Lipinski definition) is 3. The lowest BCUT2D eigenvalue weighted by molar-refractivity contribution is -0.126. The van der Waals surface area contributed by atoms with Crippen LogP contribution in [-0.2, 0) is 22.4 Å². The maximum absolute atomic E-state index is 13.0. The second kappa shape index (κ2) is 8.36. The molecule has 0 spiro atoms. The average Bonchev–Trinajstić information content (AvgIpc) is 2.65. The van der Waals surface area contributed by atoms with E-state index < -0.39 is 6.04 Å². The van der Waals surface area contributed by atoms with Crippen molar-refractivity contribution in [3.63, 3.8) is 0 Å². The Balaban J connectivity index is 1.58. The van der Waals surface area contributed by atoms with Crippen LogP contribution < -0.4 is 10.6 Å². The van der Waals surface area contributed by atoms with Crippen LogP contribution in [0, 0.1) is 5.82 Å². The third-order valence-electron chi connectivity index (χ3n) is 4.38. The van der Waals surface area contributed by atoms with Gasteiger partial charge in [0.2, 0.25) is 11.8 Å². The van der Waals surface area contributed by atoms with E-state index in [0.29, 0.717) is 12.2 Å². The summed E-state index contributed by atoms with van der Waals surface area (Å²) < 4.78 is 13.0. The molecule has 2 atom stereocenters. The Morgan fingerprint density at radius 2 is 1.96 bits per heavy atom. The summed E-state index contributed by atoms with van der Waals surface area (Å²) in [7, 11) is 0. The van der Waals surface area contributed by atoms with Gasteiger partial charge in [0.1, 0.15) is 11.9 Å². The molecule has 2 amide bonds. The molecule has 0 aromatic heterocycles. The third-order valence-corrected chi connectivity index (χ3v) is 5.69. The first-order chi connectivity index (χ1) is 12.6. The monoisotopic (exact) mass is 372 g/mol. The number of benzene rings is 2. The summed E-state index contributed by atoms with van der Waals surface area (Å²) in [5, 5.41) is 5.45. The summed E-state index contributed by atoms with van der Waals surface area (Å²) in [5.41, 5.74) is 2.75. The van der Waals surface area contributed by atoms with E-state index in [2.05, 4.69) is 10.6 Å². The maximum atomic E-state index is 13.0. The zero-order chi connectivity index (χ0) is 18.5. The summed E-state index contributed by atoms with van der Waals surface area (Å²) >= 11 is 1.46. The highest BCUT2D eigenvalue weighted by Crippen LogP contribution is 2.23. The minimum Gasteiger partial charge on any atom is -0.343 e. The zero-order valence-electron chi connectivity index (χ0n) is 14.5. The van der Waals surface area contributed by atoms with E-state index in [1.54, 1.807) is 12.1 Å². The van der Waals surface area contributed by atoms with Crippen LogP contribution in [-0.4, -0.2) is 28.9 Å². The number of halogens is 1. The number of rotatable bonds is 5. The first kappa shape index (κ1) is 18.5. The SMILES string of the molecule is CCc1ccccc1NC(=O)[C@@H]1CS[C@H](Cc2ccc(F)cc2)C(=O)N1. The van der Waals surface area contributed by atoms with Crippen LogP contribution in [0.1, 0.15) is 18.1 Å². The van der Waals surface area contributed by atoms with Crippen molar-refractivity contribution in [2.45, 2.75) is 31.1 Å². The molecule has 2 aromatic rings. The van der Waals surface area contributed by atoms with Crippen LogP contribution in [0.4, 0.5) is 10.1 Å². The molecule has 26 heavy (non-hydrogen) atoms. The lowest BCUT2D eigenvalue weighted by Crippen LogP contribution is -2.52. The molecule has 1 aliphatic rings. The average molecular weight is 372 g/mol. The Labute approximate surface area is 156 Å². The molecule has 0 aliphatic carbocycles. The highest BCUT2D eigenvalue weighted by molar-refractivity contribution is 8.00. The number of anilines is 1. The van der Waals surface area contributed by atoms with Crippen molar-refractivity contribution in [1.29, 1.82) is 0 Å². The fourth-order valence-corrected chi connectivity index (χ4v) is 4.08. The molecule has 1 fully saturated rings. The molecule has 0 saturated carbocycles. The minimum atomic E-state index is -0.554. The number of thioether (sulfide) groups is 1. The van der Waals surface area contributed by atoms with Crippen molar-refractivity contribution < 1.29 is 14.0 Å². The molecule has 4 nitrogen and oxygen atoms in total. The topological polar surface area (TPSA) is 58.2 Å². The lowest BCUT2D eigenvalue weighted by atomic mass is 10.1. The summed E-state index contributed by atoms with van der Waals surface area (Å²) in [5.74, 6) is -0.141. The minimum absolute atomic E-state index is 0.158. The number of nitrogens with one attached hydrogen (secondary N) is 2. The quantitative estimate of drug-likeness (QED) is 0.848. The van der Waals surface area contributed by atoms with Gasteiger partial charge in [0, 0.05) is 11.4 Å². The molecule has 2 N–H and O–H groups in total. The molecule has 1 heterocycles. The van der Waals surface area contributed by atoms with E-state index in [9.17, 15) is 14.0 Å². The number of aryl methyl sites for hydroxylation is 1. The fraction of sp³-hybridized carbons (Fsp3) is 0.300. The molecule has 2 aromatic carbocycles. The molecule has 136 valence electrons. The van der Waals surface area contributed by atoms with Gasteiger partial charge in [0.15, 0.2) is 0 Å². The van der Waals surface area contributed by atoms with Gasteiger partial charge >= 0.3 is 0 Å². The van der Waals surface area contributed by atoms with Crippen LogP contribution in [0.3, 0.4) is 0 Å². The van der Waals surface area contributed by atoms with Gasteiger partial charge in [-0.2, -0.15) is 0 Å². The van der Waals surface area contributed by atoms with Crippen molar-refractivity contribution in [3.05, 3.63) is 65.5 Å². The fourth-order valence-electron chi connectivity index (χ4n) is 2.89. The van der Waals surface area contributed by atoms with Crippen LogP contribution in [0.2, 0.25) is 0 Å². The van der Waals surface area contributed by atoms with Gasteiger partial charge in [0.25, 0.3) is 0 Å². The first-order valence-corrected chi connectivity index (χ1v) is 9.67. The van der Waals surface area contributed by atoms with Gasteiger partial charge in [-0.3, -0.25) is 9.59 Å². The second-order valence-corrected chi connectivity index (χ2v) is 7.45. The largest absolute Gasteiger partial charge is 0.343 e. The summed E-state index contributed by atoms with van der Waals surface area (Å²) in [6, 6.07) is 13.3. The van der Waals surface area contributed by atoms with Crippen molar-refractivity contribution in [1.82, 2.24) is 5.32 Å². The van der Waals surface area contributed by atoms with Gasteiger partial charge in [-0.1, -0.05) is 37.3 Å². The molecule has 0 radical (unpaired) electrons. The van der Waals surface area contributed by atoms with Gasteiger partial charge in [0.05, 0.1) is 5.25 Å². The van der Waals surface area contributed by atoms with Crippen LogP contribution >= 0.6 is 11.8 Å². The normalized spacial score (nSPS) is 19.7. The Kier molecular flexibility index (Phi) is 5.93. The lowest BCUT2D eigenvalue weighted by Gasteiger charge is -2.28. The Morgan fingerprint density at radius 3 is 2.65 bits per heavy atom. The standard InChI is InChI=1S/C20H21FN2O2S/c1-2-14-5-3-4-6-16(14)22-19(24)17-12-26-18(20(25)23-17)11-13-7-9-15(21)10-8-13/h3-10,17-18H,2,11-12H2,1H3,(H,22,24)(H,23,25)/t17-,18+/m0/s1. The zero-order valence-corrected chi connectivity index (χ0v) is 15.3. The number of amides is 2. The second-order valence-electron chi connectivity index (χ2n) is 6.21. The molecule has 1 aliphatic heterocycles. The molecule has 3 rings (SSSR count). The predicted octanol–water partition coefficient (Wildman–Crippen LogP) is 3.17. The van der Waals surface area contributed by atoms with Crippen LogP contribution in [0.5, 0.6) is 0 Å². The number of carbonyl (C=O) groups is 2. The van der Waals surface area contributed by atoms with Crippen LogP contribution in [0.25, 0.3) is 0 Å². The summed E-state index contributed by atoms with van der Waals surface area (Å²) in [6.45, 7) is 2.03. The predicted molar refractivity (Wildman–Crippen MR) is 103 cm³/mol. The third kappa shape index (κ3) is 4.43. The van der Waals surface area contributed by atoms with E-state index >= 15 is 0 Å². The Bertz CT molecular complexity index is 795. The van der Waals surface area contributed by atoms with Crippen molar-refractivity contribution in [2.75, 3.05) is 11.1 Å². The van der Waals surface area contributed by atoms with Gasteiger partial charge < -0.3 is 10.6 Å². The number of carbonyl (C=O) groups excluding carboxylic acids is 2. The smallest absolute Gasteiger partial charge is 0.247 e. The molecule has 6 heteroatoms. The van der Waals surface area contributed by atoms with E-state index in [4.69, 9.17) is 0 Å². The first-order valence-electron chi connectivity index (χ1n) is 8.62. The molecule has 0 unspecified atom stereocenters. The van der Waals surface area contributed by atoms with E-state index in [1.165, 1.54) is 23.9 Å². The highest BCUT2D eigenvalue weighted by atomic mass is 32.2. The molecular formula is C20H21FN2O2S. The van der Waals surface area contributed by atoms with E-state index in [0.717, 1.165) is 23.2 Å². The van der Waals surface area contributed by atoms with E-state index in [-0.39, 0.29) is 22.9 Å². The number of hydrogen-bond donors (Lipinski definition) is 2.